The molecule has 0 aromatic heterocycles. The van der Waals surface area contributed by atoms with Gasteiger partial charge in [0.15, 0.2) is 0 Å². The Kier molecular flexibility index (Phi) is 7.14. The van der Waals surface area contributed by atoms with Crippen LogP contribution in [0.2, 0.25) is 0 Å². The normalized spacial score (nSPS) is 11.5. The molecule has 0 heterocycles. The largest absolute Gasteiger partial charge is 0.497 e. The molecule has 0 saturated heterocycles. The van der Waals surface area contributed by atoms with E-state index in [9.17, 15) is 4.79 Å². The third-order valence-electron chi connectivity index (χ3n) is 3.79. The molecule has 0 aliphatic heterocycles. The maximum absolute atomic E-state index is 11.9. The summed E-state index contributed by atoms with van der Waals surface area (Å²) in [7, 11) is 1.65. The van der Waals surface area contributed by atoms with E-state index in [0.717, 1.165) is 29.0 Å². The van der Waals surface area contributed by atoms with E-state index >= 15 is 0 Å². The first-order chi connectivity index (χ1) is 12.1. The van der Waals surface area contributed by atoms with E-state index in [1.807, 2.05) is 62.4 Å². The number of para-hydroxylation sites is 1. The molecule has 2 amide bonds. The Hall–Kier alpha value is -2.69. The highest BCUT2D eigenvalue weighted by Crippen LogP contribution is 2.15. The molecule has 2 aromatic carbocycles. The van der Waals surface area contributed by atoms with E-state index < -0.39 is 0 Å². The second kappa shape index (κ2) is 9.57. The van der Waals surface area contributed by atoms with Gasteiger partial charge in [0.2, 0.25) is 0 Å². The molecule has 2 aromatic rings. The van der Waals surface area contributed by atoms with Gasteiger partial charge in [-0.3, -0.25) is 0 Å². The number of carbonyl (C=O) groups is 1. The lowest BCUT2D eigenvalue weighted by Crippen LogP contribution is -2.43. The van der Waals surface area contributed by atoms with Crippen LogP contribution >= 0.6 is 0 Å². The summed E-state index contributed by atoms with van der Waals surface area (Å²) in [5, 5.41) is 5.74. The van der Waals surface area contributed by atoms with Crippen molar-refractivity contribution in [2.24, 2.45) is 0 Å². The Morgan fingerprint density at radius 2 is 1.96 bits per heavy atom. The molecule has 0 radical (unpaired) electrons. The monoisotopic (exact) mass is 342 g/mol. The summed E-state index contributed by atoms with van der Waals surface area (Å²) in [5.41, 5.74) is 2.20. The van der Waals surface area contributed by atoms with Crippen molar-refractivity contribution in [2.75, 3.05) is 20.3 Å². The lowest BCUT2D eigenvalue weighted by atomic mass is 10.1. The Balaban J connectivity index is 1.68. The van der Waals surface area contributed by atoms with Crippen molar-refractivity contribution in [1.29, 1.82) is 0 Å². The second-order valence-corrected chi connectivity index (χ2v) is 5.97. The highest BCUT2D eigenvalue weighted by molar-refractivity contribution is 5.74. The predicted octanol–water partition coefficient (Wildman–Crippen LogP) is 3.31. The maximum Gasteiger partial charge on any atom is 0.315 e. The lowest BCUT2D eigenvalue weighted by Gasteiger charge is -2.15. The van der Waals surface area contributed by atoms with E-state index in [0.29, 0.717) is 13.2 Å². The van der Waals surface area contributed by atoms with Gasteiger partial charge in [-0.05, 0) is 49.6 Å². The molecule has 0 spiro atoms. The molecule has 0 aliphatic carbocycles. The number of urea groups is 1. The van der Waals surface area contributed by atoms with Gasteiger partial charge in [-0.2, -0.15) is 0 Å². The molecule has 2 N–H and O–H groups in total. The third-order valence-corrected chi connectivity index (χ3v) is 3.79. The number of amides is 2. The summed E-state index contributed by atoms with van der Waals surface area (Å²) in [6.45, 7) is 4.85. The fourth-order valence-corrected chi connectivity index (χ4v) is 2.52. The van der Waals surface area contributed by atoms with E-state index in [1.54, 1.807) is 7.11 Å². The molecule has 134 valence electrons. The highest BCUT2D eigenvalue weighted by Gasteiger charge is 2.08. The van der Waals surface area contributed by atoms with Crippen LogP contribution in [0.1, 0.15) is 18.1 Å². The van der Waals surface area contributed by atoms with Gasteiger partial charge in [-0.25, -0.2) is 4.79 Å². The summed E-state index contributed by atoms with van der Waals surface area (Å²) in [5.74, 6) is 1.67. The summed E-state index contributed by atoms with van der Waals surface area (Å²) in [4.78, 5) is 11.9. The van der Waals surface area contributed by atoms with Gasteiger partial charge in [-0.1, -0.05) is 30.3 Å². The second-order valence-electron chi connectivity index (χ2n) is 5.97. The first-order valence-corrected chi connectivity index (χ1v) is 8.44. The Morgan fingerprint density at radius 1 is 1.16 bits per heavy atom. The number of carbonyl (C=O) groups excluding carboxylic acids is 1. The van der Waals surface area contributed by atoms with Crippen LogP contribution < -0.4 is 20.1 Å². The number of hydrogen-bond donors (Lipinski definition) is 2. The van der Waals surface area contributed by atoms with Crippen molar-refractivity contribution in [2.45, 2.75) is 26.3 Å². The number of benzene rings is 2. The highest BCUT2D eigenvalue weighted by atomic mass is 16.5. The first kappa shape index (κ1) is 18.6. The third kappa shape index (κ3) is 6.37. The van der Waals surface area contributed by atoms with Crippen LogP contribution in [0.4, 0.5) is 4.79 Å². The van der Waals surface area contributed by atoms with Crippen LogP contribution in [0.3, 0.4) is 0 Å². The van der Waals surface area contributed by atoms with E-state index in [2.05, 4.69) is 10.6 Å². The molecular formula is C20H26N2O3. The van der Waals surface area contributed by atoms with Gasteiger partial charge in [0.1, 0.15) is 18.1 Å². The number of ether oxygens (including phenoxy) is 2. The molecule has 0 aliphatic rings. The molecule has 0 fully saturated rings. The summed E-state index contributed by atoms with van der Waals surface area (Å²) in [6, 6.07) is 15.5. The molecule has 2 rings (SSSR count). The minimum atomic E-state index is -0.191. The molecule has 5 nitrogen and oxygen atoms in total. The topological polar surface area (TPSA) is 59.6 Å². The van der Waals surface area contributed by atoms with Crippen molar-refractivity contribution in [3.8, 4) is 11.5 Å². The van der Waals surface area contributed by atoms with Gasteiger partial charge >= 0.3 is 6.03 Å². The van der Waals surface area contributed by atoms with Gasteiger partial charge in [0.25, 0.3) is 0 Å². The average Bonchev–Trinajstić information content (AvgIpc) is 2.60. The molecule has 1 unspecified atom stereocenters. The Labute approximate surface area is 149 Å². The zero-order chi connectivity index (χ0) is 18.1. The van der Waals surface area contributed by atoms with Gasteiger partial charge in [-0.15, -0.1) is 0 Å². The van der Waals surface area contributed by atoms with Gasteiger partial charge in [0, 0.05) is 6.04 Å². The number of nitrogens with one attached hydrogen (secondary N) is 2. The van der Waals surface area contributed by atoms with Crippen LogP contribution in [0, 0.1) is 6.92 Å². The fraction of sp³-hybridized carbons (Fsp3) is 0.350. The van der Waals surface area contributed by atoms with E-state index in [1.165, 1.54) is 0 Å². The van der Waals surface area contributed by atoms with Gasteiger partial charge < -0.3 is 20.1 Å². The number of hydrogen-bond acceptors (Lipinski definition) is 3. The quantitative estimate of drug-likeness (QED) is 0.724. The number of rotatable bonds is 8. The minimum absolute atomic E-state index is 0.0180. The van der Waals surface area contributed by atoms with Crippen molar-refractivity contribution < 1.29 is 14.3 Å². The predicted molar refractivity (Wildman–Crippen MR) is 99.4 cm³/mol. The van der Waals surface area contributed by atoms with Crippen molar-refractivity contribution >= 4 is 6.03 Å². The molecule has 25 heavy (non-hydrogen) atoms. The summed E-state index contributed by atoms with van der Waals surface area (Å²) in [6.07, 6.45) is 0.740. The molecular weight excluding hydrogens is 316 g/mol. The molecule has 1 atom stereocenters. The number of methoxy groups -OCH3 is 1. The Morgan fingerprint density at radius 3 is 2.72 bits per heavy atom. The van der Waals surface area contributed by atoms with Crippen LogP contribution in [0.5, 0.6) is 11.5 Å². The average molecular weight is 342 g/mol. The molecule has 0 bridgehead atoms. The van der Waals surface area contributed by atoms with Gasteiger partial charge in [0.05, 0.1) is 13.7 Å². The zero-order valence-electron chi connectivity index (χ0n) is 15.0. The van der Waals surface area contributed by atoms with Crippen LogP contribution in [0.15, 0.2) is 48.5 Å². The zero-order valence-corrected chi connectivity index (χ0v) is 15.0. The molecule has 5 heteroatoms. The minimum Gasteiger partial charge on any atom is -0.497 e. The first-order valence-electron chi connectivity index (χ1n) is 8.44. The molecule has 0 saturated carbocycles. The van der Waals surface area contributed by atoms with Crippen molar-refractivity contribution in [3.05, 3.63) is 59.7 Å². The summed E-state index contributed by atoms with van der Waals surface area (Å²) < 4.78 is 10.9. The van der Waals surface area contributed by atoms with Crippen LogP contribution in [0.25, 0.3) is 0 Å². The standard InChI is InChI=1S/C20H26N2O3/c1-15-7-4-5-10-19(15)25-12-11-21-20(23)22-16(2)13-17-8-6-9-18(14-17)24-3/h4-10,14,16H,11-13H2,1-3H3,(H2,21,22,23). The summed E-state index contributed by atoms with van der Waals surface area (Å²) >= 11 is 0. The smallest absolute Gasteiger partial charge is 0.315 e. The van der Waals surface area contributed by atoms with Crippen molar-refractivity contribution in [1.82, 2.24) is 10.6 Å². The fourth-order valence-electron chi connectivity index (χ4n) is 2.52. The maximum atomic E-state index is 11.9. The lowest BCUT2D eigenvalue weighted by molar-refractivity contribution is 0.233. The van der Waals surface area contributed by atoms with Crippen molar-refractivity contribution in [3.63, 3.8) is 0 Å². The Bertz CT molecular complexity index is 688. The van der Waals surface area contributed by atoms with Crippen LogP contribution in [-0.2, 0) is 6.42 Å². The van der Waals surface area contributed by atoms with Crippen LogP contribution in [-0.4, -0.2) is 32.3 Å². The van der Waals surface area contributed by atoms with E-state index in [4.69, 9.17) is 9.47 Å². The van der Waals surface area contributed by atoms with E-state index in [-0.39, 0.29) is 12.1 Å². The SMILES string of the molecule is COc1cccc(CC(C)NC(=O)NCCOc2ccccc2C)c1. The number of aryl methyl sites for hydroxylation is 1.